The van der Waals surface area contributed by atoms with E-state index in [0.29, 0.717) is 25.9 Å². The van der Waals surface area contributed by atoms with E-state index < -0.39 is 58.1 Å². The SMILES string of the molecule is CC1C=CCN2CN1C(=O)c1c(O)c(=O)c(C(=O)NCc3c(F)cc(F)cc3F)cn12.CF. The number of nitrogens with zero attached hydrogens (tertiary/aromatic N) is 3. The van der Waals surface area contributed by atoms with Gasteiger partial charge in [0.2, 0.25) is 5.43 Å². The van der Waals surface area contributed by atoms with Crippen molar-refractivity contribution in [1.82, 2.24) is 14.9 Å². The van der Waals surface area contributed by atoms with E-state index in [1.165, 1.54) is 9.58 Å². The summed E-state index contributed by atoms with van der Waals surface area (Å²) >= 11 is 0. The first-order valence-corrected chi connectivity index (χ1v) is 9.70. The third-order valence-electron chi connectivity index (χ3n) is 5.25. The third-order valence-corrected chi connectivity index (χ3v) is 5.25. The molecule has 12 heteroatoms. The van der Waals surface area contributed by atoms with Crippen LogP contribution in [-0.4, -0.2) is 52.9 Å². The molecule has 1 atom stereocenters. The summed E-state index contributed by atoms with van der Waals surface area (Å²) in [4.78, 5) is 39.4. The maximum absolute atomic E-state index is 13.8. The molecule has 0 fully saturated rings. The fraction of sp³-hybridized carbons (Fsp3) is 0.286. The van der Waals surface area contributed by atoms with Gasteiger partial charge in [0.25, 0.3) is 11.8 Å². The molecule has 0 aliphatic carbocycles. The van der Waals surface area contributed by atoms with Crippen LogP contribution in [0.1, 0.15) is 33.3 Å². The molecule has 2 N–H and O–H groups in total. The first kappa shape index (κ1) is 23.8. The number of hydrogen-bond donors (Lipinski definition) is 2. The standard InChI is InChI=1S/C20H17F3N4O4.CH3F/c1-10-3-2-4-25-9-26(10)20(31)16-18(29)17(28)13(8-27(16)25)19(30)24-7-12-14(22)5-11(21)6-15(12)23;1-2/h2-3,5-6,8,10,29H,4,7,9H2,1H3,(H,24,30);1H3. The molecule has 2 aliphatic heterocycles. The molecule has 0 saturated carbocycles. The summed E-state index contributed by atoms with van der Waals surface area (Å²) < 4.78 is 51.4. The molecule has 0 spiro atoms. The molecule has 176 valence electrons. The molecule has 0 saturated heterocycles. The quantitative estimate of drug-likeness (QED) is 0.529. The second-order valence-corrected chi connectivity index (χ2v) is 7.22. The molecule has 1 aromatic carbocycles. The van der Waals surface area contributed by atoms with E-state index in [9.17, 15) is 37.1 Å². The number of fused-ring (bicyclic) bond motifs is 4. The highest BCUT2D eigenvalue weighted by molar-refractivity contribution is 5.99. The number of aromatic nitrogens is 1. The Morgan fingerprint density at radius 2 is 1.82 bits per heavy atom. The molecule has 2 aliphatic rings. The van der Waals surface area contributed by atoms with E-state index in [0.717, 1.165) is 6.20 Å². The van der Waals surface area contributed by atoms with Crippen LogP contribution in [0.15, 0.2) is 35.3 Å². The van der Waals surface area contributed by atoms with Gasteiger partial charge in [-0.25, -0.2) is 13.2 Å². The molecular weight excluding hydrogens is 448 g/mol. The van der Waals surface area contributed by atoms with Crippen molar-refractivity contribution in [2.24, 2.45) is 0 Å². The van der Waals surface area contributed by atoms with Crippen molar-refractivity contribution >= 4 is 11.8 Å². The van der Waals surface area contributed by atoms with Crippen LogP contribution in [0.5, 0.6) is 5.75 Å². The predicted molar refractivity (Wildman–Crippen MR) is 110 cm³/mol. The number of carbonyl (C=O) groups excluding carboxylic acids is 2. The van der Waals surface area contributed by atoms with Gasteiger partial charge in [-0.2, -0.15) is 0 Å². The van der Waals surface area contributed by atoms with Crippen LogP contribution in [0.3, 0.4) is 0 Å². The lowest BCUT2D eigenvalue weighted by molar-refractivity contribution is 0.0659. The zero-order valence-corrected chi connectivity index (χ0v) is 17.6. The van der Waals surface area contributed by atoms with Crippen LogP contribution in [0.2, 0.25) is 0 Å². The number of nitrogens with one attached hydrogen (secondary N) is 1. The molecule has 33 heavy (non-hydrogen) atoms. The lowest BCUT2D eigenvalue weighted by atomic mass is 10.1. The summed E-state index contributed by atoms with van der Waals surface area (Å²) in [6, 6.07) is 0.675. The highest BCUT2D eigenvalue weighted by Gasteiger charge is 2.36. The van der Waals surface area contributed by atoms with Gasteiger partial charge in [-0.15, -0.1) is 0 Å². The molecule has 4 rings (SSSR count). The summed E-state index contributed by atoms with van der Waals surface area (Å²) in [5.74, 6) is -6.00. The molecule has 1 unspecified atom stereocenters. The van der Waals surface area contributed by atoms with Crippen LogP contribution in [0.4, 0.5) is 17.6 Å². The Hall–Kier alpha value is -3.83. The van der Waals surface area contributed by atoms with Crippen molar-refractivity contribution < 1.29 is 32.3 Å². The Balaban J connectivity index is 0.00000149. The van der Waals surface area contributed by atoms with Crippen LogP contribution < -0.4 is 15.8 Å². The molecule has 3 heterocycles. The third kappa shape index (κ3) is 4.28. The number of alkyl halides is 1. The fourth-order valence-electron chi connectivity index (χ4n) is 3.57. The Morgan fingerprint density at radius 1 is 1.18 bits per heavy atom. The second-order valence-electron chi connectivity index (χ2n) is 7.22. The van der Waals surface area contributed by atoms with Crippen LogP contribution in [0, 0.1) is 17.5 Å². The largest absolute Gasteiger partial charge is 0.502 e. The predicted octanol–water partition coefficient (Wildman–Crippen LogP) is 1.80. The molecule has 2 amide bonds. The number of hydrogen-bond acceptors (Lipinski definition) is 5. The number of amides is 2. The van der Waals surface area contributed by atoms with Crippen LogP contribution in [0.25, 0.3) is 0 Å². The van der Waals surface area contributed by atoms with Crippen LogP contribution >= 0.6 is 0 Å². The van der Waals surface area contributed by atoms with Gasteiger partial charge < -0.3 is 15.3 Å². The molecule has 0 radical (unpaired) electrons. The van der Waals surface area contributed by atoms with Crippen molar-refractivity contribution in [2.75, 3.05) is 25.4 Å². The van der Waals surface area contributed by atoms with Crippen molar-refractivity contribution in [3.05, 3.63) is 75.0 Å². The minimum Gasteiger partial charge on any atom is -0.502 e. The summed E-state index contributed by atoms with van der Waals surface area (Å²) in [5.41, 5.74) is -2.49. The number of halogens is 4. The van der Waals surface area contributed by atoms with Gasteiger partial charge in [0.1, 0.15) is 29.7 Å². The Labute approximate surface area is 185 Å². The molecular formula is C21H20F4N4O4. The van der Waals surface area contributed by atoms with Gasteiger partial charge in [0.05, 0.1) is 13.7 Å². The molecule has 1 aromatic heterocycles. The zero-order chi connectivity index (χ0) is 24.4. The lowest BCUT2D eigenvalue weighted by Crippen LogP contribution is -2.55. The second kappa shape index (κ2) is 9.35. The van der Waals surface area contributed by atoms with Crippen molar-refractivity contribution in [1.29, 1.82) is 0 Å². The lowest BCUT2D eigenvalue weighted by Gasteiger charge is -2.39. The van der Waals surface area contributed by atoms with E-state index in [4.69, 9.17) is 0 Å². The molecule has 2 aromatic rings. The first-order chi connectivity index (χ1) is 15.7. The van der Waals surface area contributed by atoms with Crippen molar-refractivity contribution in [2.45, 2.75) is 19.5 Å². The smallest absolute Gasteiger partial charge is 0.278 e. The topological polar surface area (TPSA) is 94.9 Å². The highest BCUT2D eigenvalue weighted by Crippen LogP contribution is 2.24. The van der Waals surface area contributed by atoms with Gasteiger partial charge in [0, 0.05) is 36.5 Å². The van der Waals surface area contributed by atoms with E-state index in [1.54, 1.807) is 18.0 Å². The zero-order valence-electron chi connectivity index (χ0n) is 17.6. The van der Waals surface area contributed by atoms with Gasteiger partial charge in [0.15, 0.2) is 11.4 Å². The summed E-state index contributed by atoms with van der Waals surface area (Å²) in [6.45, 7) is 1.64. The average Bonchev–Trinajstić information content (AvgIpc) is 2.94. The minimum absolute atomic E-state index is 0.162. The van der Waals surface area contributed by atoms with Gasteiger partial charge in [-0.05, 0) is 6.92 Å². The highest BCUT2D eigenvalue weighted by atomic mass is 19.1. The Morgan fingerprint density at radius 3 is 2.45 bits per heavy atom. The number of benzene rings is 1. The van der Waals surface area contributed by atoms with E-state index in [1.807, 2.05) is 6.08 Å². The van der Waals surface area contributed by atoms with Gasteiger partial charge in [-0.3, -0.25) is 28.5 Å². The Bertz CT molecular complexity index is 1170. The molecule has 8 nitrogen and oxygen atoms in total. The maximum Gasteiger partial charge on any atom is 0.278 e. The summed E-state index contributed by atoms with van der Waals surface area (Å²) in [5, 5.41) is 14.2. The number of aromatic hydroxyl groups is 1. The maximum atomic E-state index is 13.8. The summed E-state index contributed by atoms with van der Waals surface area (Å²) in [6.07, 6.45) is 4.71. The van der Waals surface area contributed by atoms with Crippen LogP contribution in [-0.2, 0) is 6.54 Å². The van der Waals surface area contributed by atoms with Gasteiger partial charge in [-0.1, -0.05) is 12.2 Å². The van der Waals surface area contributed by atoms with Crippen molar-refractivity contribution in [3.8, 4) is 5.75 Å². The first-order valence-electron chi connectivity index (χ1n) is 9.70. The number of pyridine rings is 1. The monoisotopic (exact) mass is 468 g/mol. The van der Waals surface area contributed by atoms with Crippen molar-refractivity contribution in [3.63, 3.8) is 0 Å². The van der Waals surface area contributed by atoms with Gasteiger partial charge >= 0.3 is 0 Å². The van der Waals surface area contributed by atoms with E-state index >= 15 is 0 Å². The number of carbonyl (C=O) groups is 2. The van der Waals surface area contributed by atoms with E-state index in [2.05, 4.69) is 5.32 Å². The normalized spacial score (nSPS) is 16.5. The molecule has 2 bridgehead atoms. The summed E-state index contributed by atoms with van der Waals surface area (Å²) in [7, 11) is 0.500. The van der Waals surface area contributed by atoms with E-state index in [-0.39, 0.29) is 18.4 Å². The Kier molecular flexibility index (Phi) is 6.75. The average molecular weight is 468 g/mol. The number of rotatable bonds is 3. The fourth-order valence-corrected chi connectivity index (χ4v) is 3.57. The minimum atomic E-state index is -1.20.